The van der Waals surface area contributed by atoms with Gasteiger partial charge in [0.1, 0.15) is 0 Å². The Kier molecular flexibility index (Phi) is 4.55. The van der Waals surface area contributed by atoms with E-state index < -0.39 is 0 Å². The Hall–Kier alpha value is -1.72. The number of amides is 1. The van der Waals surface area contributed by atoms with Crippen LogP contribution in [-0.4, -0.2) is 35.4 Å². The van der Waals surface area contributed by atoms with E-state index in [2.05, 4.69) is 39.5 Å². The first-order valence-corrected chi connectivity index (χ1v) is 8.50. The Morgan fingerprint density at radius 2 is 2.18 bits per heavy atom. The molecule has 0 bridgehead atoms. The van der Waals surface area contributed by atoms with Gasteiger partial charge < -0.3 is 5.32 Å². The van der Waals surface area contributed by atoms with Crippen molar-refractivity contribution in [1.82, 2.24) is 15.2 Å². The van der Waals surface area contributed by atoms with Crippen LogP contribution in [0.2, 0.25) is 0 Å². The molecule has 0 spiro atoms. The number of benzene rings is 1. The fourth-order valence-electron chi connectivity index (χ4n) is 2.90. The summed E-state index contributed by atoms with van der Waals surface area (Å²) in [6, 6.07) is 8.40. The largest absolute Gasteiger partial charge is 0.351 e. The Labute approximate surface area is 135 Å². The number of hydrogen-bond acceptors (Lipinski definition) is 4. The highest BCUT2D eigenvalue weighted by atomic mass is 32.1. The third-order valence-corrected chi connectivity index (χ3v) is 5.23. The molecule has 22 heavy (non-hydrogen) atoms. The lowest BCUT2D eigenvalue weighted by atomic mass is 10.1. The summed E-state index contributed by atoms with van der Waals surface area (Å²) in [6.45, 7) is 3.63. The Morgan fingerprint density at radius 1 is 1.41 bits per heavy atom. The molecule has 2 heterocycles. The molecule has 3 rings (SSSR count). The van der Waals surface area contributed by atoms with Crippen LogP contribution in [0.1, 0.15) is 24.1 Å². The first-order chi connectivity index (χ1) is 10.6. The van der Waals surface area contributed by atoms with Crippen molar-refractivity contribution < 1.29 is 4.79 Å². The average Bonchev–Trinajstić information content (AvgIpc) is 3.14. The molecule has 2 aromatic rings. The number of hydrogen-bond donors (Lipinski definition) is 1. The topological polar surface area (TPSA) is 45.2 Å². The molecule has 1 atom stereocenters. The molecule has 1 amide bonds. The summed E-state index contributed by atoms with van der Waals surface area (Å²) in [5.74, 6) is 0.141. The number of likely N-dealkylation sites (N-methyl/N-ethyl adjacent to an activating group) is 1. The molecule has 1 unspecified atom stereocenters. The van der Waals surface area contributed by atoms with E-state index in [1.54, 1.807) is 11.3 Å². The molecule has 1 fully saturated rings. The molecular formula is C17H21N3OS. The van der Waals surface area contributed by atoms with Gasteiger partial charge in [0.2, 0.25) is 5.91 Å². The molecular weight excluding hydrogens is 294 g/mol. The highest BCUT2D eigenvalue weighted by Crippen LogP contribution is 2.27. The monoisotopic (exact) mass is 315 g/mol. The van der Waals surface area contributed by atoms with E-state index in [0.29, 0.717) is 6.54 Å². The maximum absolute atomic E-state index is 12.2. The van der Waals surface area contributed by atoms with Gasteiger partial charge in [-0.15, -0.1) is 11.3 Å². The van der Waals surface area contributed by atoms with Crippen LogP contribution in [0.15, 0.2) is 29.8 Å². The van der Waals surface area contributed by atoms with Crippen LogP contribution in [-0.2, 0) is 11.3 Å². The minimum absolute atomic E-state index is 0.0408. The zero-order chi connectivity index (χ0) is 15.5. The van der Waals surface area contributed by atoms with Crippen molar-refractivity contribution >= 4 is 17.2 Å². The van der Waals surface area contributed by atoms with Crippen molar-refractivity contribution in [2.24, 2.45) is 0 Å². The number of rotatable bonds is 4. The van der Waals surface area contributed by atoms with Gasteiger partial charge in [-0.3, -0.25) is 9.69 Å². The van der Waals surface area contributed by atoms with Crippen LogP contribution < -0.4 is 5.32 Å². The second-order valence-corrected chi connectivity index (χ2v) is 6.68. The molecule has 4 nitrogen and oxygen atoms in total. The van der Waals surface area contributed by atoms with Crippen molar-refractivity contribution in [3.8, 4) is 10.4 Å². The van der Waals surface area contributed by atoms with Gasteiger partial charge in [-0.1, -0.05) is 24.3 Å². The molecule has 1 aliphatic heterocycles. The first kappa shape index (κ1) is 15.2. The Balaban J connectivity index is 1.60. The van der Waals surface area contributed by atoms with E-state index in [0.717, 1.165) is 30.6 Å². The smallest absolute Gasteiger partial charge is 0.237 e. The molecule has 1 aromatic heterocycles. The maximum atomic E-state index is 12.2. The van der Waals surface area contributed by atoms with Gasteiger partial charge >= 0.3 is 0 Å². The van der Waals surface area contributed by atoms with Crippen molar-refractivity contribution in [1.29, 1.82) is 0 Å². The molecule has 0 aliphatic carbocycles. The van der Waals surface area contributed by atoms with Crippen molar-refractivity contribution in [3.05, 3.63) is 41.0 Å². The predicted molar refractivity (Wildman–Crippen MR) is 89.8 cm³/mol. The lowest BCUT2D eigenvalue weighted by molar-refractivity contribution is -0.125. The van der Waals surface area contributed by atoms with E-state index in [4.69, 9.17) is 0 Å². The van der Waals surface area contributed by atoms with E-state index in [-0.39, 0.29) is 11.9 Å². The Morgan fingerprint density at radius 3 is 2.77 bits per heavy atom. The van der Waals surface area contributed by atoms with Gasteiger partial charge in [0, 0.05) is 6.54 Å². The number of aromatic nitrogens is 1. The summed E-state index contributed by atoms with van der Waals surface area (Å²) in [5.41, 5.74) is 5.25. The van der Waals surface area contributed by atoms with Gasteiger partial charge in [-0.25, -0.2) is 4.98 Å². The van der Waals surface area contributed by atoms with E-state index in [1.807, 2.05) is 19.5 Å². The molecule has 1 saturated heterocycles. The summed E-state index contributed by atoms with van der Waals surface area (Å²) in [6.07, 6.45) is 2.07. The second-order valence-electron chi connectivity index (χ2n) is 5.82. The molecule has 5 heteroatoms. The number of nitrogens with zero attached hydrogens (tertiary/aromatic N) is 2. The molecule has 1 aromatic carbocycles. The third kappa shape index (κ3) is 3.20. The van der Waals surface area contributed by atoms with Gasteiger partial charge in [0.25, 0.3) is 0 Å². The molecule has 1 N–H and O–H groups in total. The van der Waals surface area contributed by atoms with Gasteiger partial charge in [-0.2, -0.15) is 0 Å². The average molecular weight is 315 g/mol. The summed E-state index contributed by atoms with van der Waals surface area (Å²) >= 11 is 1.66. The van der Waals surface area contributed by atoms with Gasteiger partial charge in [0.05, 0.1) is 22.1 Å². The number of likely N-dealkylation sites (tertiary alicyclic amines) is 1. The van der Waals surface area contributed by atoms with Crippen LogP contribution in [0, 0.1) is 6.92 Å². The molecule has 0 saturated carbocycles. The number of thiazole rings is 1. The quantitative estimate of drug-likeness (QED) is 0.943. The maximum Gasteiger partial charge on any atom is 0.237 e. The minimum atomic E-state index is 0.0408. The fraction of sp³-hybridized carbons (Fsp3) is 0.412. The van der Waals surface area contributed by atoms with Crippen molar-refractivity contribution in [3.63, 3.8) is 0 Å². The van der Waals surface area contributed by atoms with Crippen molar-refractivity contribution in [2.75, 3.05) is 13.6 Å². The van der Waals surface area contributed by atoms with Gasteiger partial charge in [0.15, 0.2) is 0 Å². The predicted octanol–water partition coefficient (Wildman–Crippen LogP) is 2.83. The normalized spacial score (nSPS) is 18.5. The Bertz CT molecular complexity index is 650. The van der Waals surface area contributed by atoms with E-state index in [9.17, 15) is 4.79 Å². The van der Waals surface area contributed by atoms with Crippen LogP contribution in [0.3, 0.4) is 0 Å². The number of carbonyl (C=O) groups is 1. The standard InChI is InChI=1S/C17H21N3OS/c1-12-16(22-11-19-12)14-7-5-13(6-8-14)10-18-17(21)15-4-3-9-20(15)2/h5-8,11,15H,3-4,9-10H2,1-2H3,(H,18,21). The number of aryl methyl sites for hydroxylation is 1. The van der Waals surface area contributed by atoms with Gasteiger partial charge in [-0.05, 0) is 44.5 Å². The fourth-order valence-corrected chi connectivity index (χ4v) is 3.71. The van der Waals surface area contributed by atoms with Crippen LogP contribution >= 0.6 is 11.3 Å². The molecule has 0 radical (unpaired) electrons. The lowest BCUT2D eigenvalue weighted by Gasteiger charge is -2.18. The number of carbonyl (C=O) groups excluding carboxylic acids is 1. The molecule has 1 aliphatic rings. The first-order valence-electron chi connectivity index (χ1n) is 7.62. The van der Waals surface area contributed by atoms with Crippen LogP contribution in [0.25, 0.3) is 10.4 Å². The summed E-state index contributed by atoms with van der Waals surface area (Å²) in [5, 5.41) is 3.05. The summed E-state index contributed by atoms with van der Waals surface area (Å²) in [4.78, 5) is 19.8. The SMILES string of the molecule is Cc1ncsc1-c1ccc(CNC(=O)C2CCCN2C)cc1. The highest BCUT2D eigenvalue weighted by Gasteiger charge is 2.27. The molecule has 116 valence electrons. The lowest BCUT2D eigenvalue weighted by Crippen LogP contribution is -2.41. The van der Waals surface area contributed by atoms with E-state index >= 15 is 0 Å². The zero-order valence-electron chi connectivity index (χ0n) is 13.0. The zero-order valence-corrected chi connectivity index (χ0v) is 13.8. The third-order valence-electron chi connectivity index (χ3n) is 4.25. The van der Waals surface area contributed by atoms with Crippen LogP contribution in [0.4, 0.5) is 0 Å². The summed E-state index contributed by atoms with van der Waals surface area (Å²) in [7, 11) is 2.02. The van der Waals surface area contributed by atoms with Crippen molar-refractivity contribution in [2.45, 2.75) is 32.4 Å². The summed E-state index contributed by atoms with van der Waals surface area (Å²) < 4.78 is 0. The number of nitrogens with one attached hydrogen (secondary N) is 1. The minimum Gasteiger partial charge on any atom is -0.351 e. The van der Waals surface area contributed by atoms with Crippen LogP contribution in [0.5, 0.6) is 0 Å². The highest BCUT2D eigenvalue weighted by molar-refractivity contribution is 7.13. The van der Waals surface area contributed by atoms with E-state index in [1.165, 1.54) is 10.4 Å². The second kappa shape index (κ2) is 6.58.